The Balaban J connectivity index is 0.000000762. The van der Waals surface area contributed by atoms with E-state index in [4.69, 9.17) is 18.9 Å². The summed E-state index contributed by atoms with van der Waals surface area (Å²) in [5.74, 6) is -1.83. The molecule has 2 saturated heterocycles. The van der Waals surface area contributed by atoms with Crippen molar-refractivity contribution in [2.75, 3.05) is 26.4 Å². The van der Waals surface area contributed by atoms with Crippen molar-refractivity contribution in [3.05, 3.63) is 0 Å². The maximum atomic E-state index is 11.8. The first-order valence-corrected chi connectivity index (χ1v) is 14.1. The summed E-state index contributed by atoms with van der Waals surface area (Å²) < 4.78 is 20.6. The molecule has 0 bridgehead atoms. The van der Waals surface area contributed by atoms with E-state index in [1.54, 1.807) is 0 Å². The van der Waals surface area contributed by atoms with E-state index >= 15 is 0 Å². The Morgan fingerprint density at radius 1 is 0.585 bits per heavy atom. The van der Waals surface area contributed by atoms with E-state index in [1.807, 2.05) is 0 Å². The maximum absolute atomic E-state index is 11.8. The molecule has 2 rings (SSSR count). The van der Waals surface area contributed by atoms with E-state index in [1.165, 1.54) is 0 Å². The first-order valence-electron chi connectivity index (χ1n) is 14.1. The SMILES string of the molecule is CC(C)COC[C@H](CC(C)C)NC(=O)C1OC1C(=O)[O-].CC(C)COC[C@H](CC(C)C)NC(=O)[C@H]1O[C@@H]1C(=O)[O-].[Ca+2]. The van der Waals surface area contributed by atoms with Crippen LogP contribution in [0.1, 0.15) is 68.2 Å². The van der Waals surface area contributed by atoms with Gasteiger partial charge >= 0.3 is 37.7 Å². The summed E-state index contributed by atoms with van der Waals surface area (Å²) in [6.07, 6.45) is -2.50. The molecule has 6 atom stereocenters. The molecule has 2 aliphatic rings. The molecule has 2 fully saturated rings. The fraction of sp³-hybridized carbons (Fsp3) is 0.857. The van der Waals surface area contributed by atoms with Gasteiger partial charge in [-0.15, -0.1) is 0 Å². The molecule has 13 heteroatoms. The summed E-state index contributed by atoms with van der Waals surface area (Å²) in [7, 11) is 0. The number of epoxide rings is 2. The van der Waals surface area contributed by atoms with E-state index in [0.717, 1.165) is 12.8 Å². The number of carboxylic acid groups (broad SMARTS) is 2. The number of carboxylic acids is 2. The molecule has 0 aromatic heterocycles. The fourth-order valence-electron chi connectivity index (χ4n) is 3.92. The van der Waals surface area contributed by atoms with Gasteiger partial charge in [-0.3, -0.25) is 9.59 Å². The van der Waals surface area contributed by atoms with Crippen LogP contribution in [0.25, 0.3) is 0 Å². The van der Waals surface area contributed by atoms with E-state index in [9.17, 15) is 29.4 Å². The number of carbonyl (C=O) groups is 4. The van der Waals surface area contributed by atoms with E-state index in [2.05, 4.69) is 66.0 Å². The van der Waals surface area contributed by atoms with Gasteiger partial charge < -0.3 is 49.4 Å². The molecule has 41 heavy (non-hydrogen) atoms. The Kier molecular flexibility index (Phi) is 19.5. The molecule has 2 amide bonds. The van der Waals surface area contributed by atoms with Crippen LogP contribution < -0.4 is 20.8 Å². The van der Waals surface area contributed by atoms with E-state index < -0.39 is 48.2 Å². The molecular formula is C28H48CaN2O10. The standard InChI is InChI=1S/2C14H25NO5.Ca/c2*1-8(2)5-10(7-19-6-9(3)4)15-13(16)11-12(20-11)14(17)18;/h2*8-12H,5-7H2,1-4H3,(H,15,16)(H,17,18);/q;;+2/p-2/t10-,11?,12?;10-,11-,12-;/m00./s1. The van der Waals surface area contributed by atoms with Crippen molar-refractivity contribution in [1.29, 1.82) is 0 Å². The molecule has 2 unspecified atom stereocenters. The number of hydrogen-bond donors (Lipinski definition) is 2. The van der Waals surface area contributed by atoms with Gasteiger partial charge in [-0.05, 0) is 36.5 Å². The van der Waals surface area contributed by atoms with Gasteiger partial charge in [-0.25, -0.2) is 0 Å². The predicted molar refractivity (Wildman–Crippen MR) is 147 cm³/mol. The second kappa shape index (κ2) is 20.0. The van der Waals surface area contributed by atoms with Crippen LogP contribution in [-0.4, -0.2) is 124 Å². The van der Waals surface area contributed by atoms with Crippen LogP contribution >= 0.6 is 0 Å². The minimum Gasteiger partial charge on any atom is -0.547 e. The Labute approximate surface area is 273 Å². The van der Waals surface area contributed by atoms with Gasteiger partial charge in [0, 0.05) is 13.2 Å². The summed E-state index contributed by atoms with van der Waals surface area (Å²) >= 11 is 0. The second-order valence-corrected chi connectivity index (χ2v) is 12.1. The Morgan fingerprint density at radius 3 is 1.12 bits per heavy atom. The van der Waals surface area contributed by atoms with Crippen LogP contribution in [0.3, 0.4) is 0 Å². The fourth-order valence-corrected chi connectivity index (χ4v) is 3.92. The molecule has 0 saturated carbocycles. The molecule has 2 heterocycles. The van der Waals surface area contributed by atoms with Crippen molar-refractivity contribution in [1.82, 2.24) is 10.6 Å². The molecule has 0 spiro atoms. The van der Waals surface area contributed by atoms with Crippen molar-refractivity contribution in [3.8, 4) is 0 Å². The van der Waals surface area contributed by atoms with Crippen molar-refractivity contribution >= 4 is 61.5 Å². The summed E-state index contributed by atoms with van der Waals surface area (Å²) in [6.45, 7) is 18.5. The number of aliphatic carboxylic acids is 2. The number of carbonyl (C=O) groups excluding carboxylic acids is 4. The topological polar surface area (TPSA) is 182 Å². The Bertz CT molecular complexity index is 758. The molecular weight excluding hydrogens is 564 g/mol. The minimum atomic E-state index is -1.35. The summed E-state index contributed by atoms with van der Waals surface area (Å²) in [4.78, 5) is 44.7. The monoisotopic (exact) mass is 612 g/mol. The zero-order chi connectivity index (χ0) is 30.6. The summed E-state index contributed by atoms with van der Waals surface area (Å²) in [5.41, 5.74) is 0. The molecule has 0 aliphatic carbocycles. The first kappa shape index (κ1) is 40.0. The van der Waals surface area contributed by atoms with Gasteiger partial charge in [-0.1, -0.05) is 55.4 Å². The van der Waals surface area contributed by atoms with Gasteiger partial charge in [0.05, 0.1) is 37.2 Å². The van der Waals surface area contributed by atoms with Crippen LogP contribution in [-0.2, 0) is 38.1 Å². The molecule has 2 aliphatic heterocycles. The second-order valence-electron chi connectivity index (χ2n) is 12.1. The summed E-state index contributed by atoms with van der Waals surface area (Å²) in [5, 5.41) is 26.7. The largest absolute Gasteiger partial charge is 2.00 e. The normalized spacial score (nSPS) is 22.3. The third-order valence-corrected chi connectivity index (χ3v) is 5.71. The van der Waals surface area contributed by atoms with Crippen molar-refractivity contribution < 1.29 is 48.3 Å². The number of ether oxygens (including phenoxy) is 4. The third-order valence-electron chi connectivity index (χ3n) is 5.71. The van der Waals surface area contributed by atoms with Gasteiger partial charge in [0.25, 0.3) is 11.8 Å². The third kappa shape index (κ3) is 17.6. The van der Waals surface area contributed by atoms with Crippen molar-refractivity contribution in [2.45, 2.75) is 105 Å². The molecule has 0 aromatic carbocycles. The first-order chi connectivity index (χ1) is 18.6. The molecule has 232 valence electrons. The van der Waals surface area contributed by atoms with Gasteiger partial charge in [-0.2, -0.15) is 0 Å². The minimum absolute atomic E-state index is 0. The molecule has 0 radical (unpaired) electrons. The maximum Gasteiger partial charge on any atom is 2.00 e. The van der Waals surface area contributed by atoms with Crippen molar-refractivity contribution in [3.63, 3.8) is 0 Å². The van der Waals surface area contributed by atoms with Crippen LogP contribution in [0.4, 0.5) is 0 Å². The Hall–Kier alpha value is -1.02. The van der Waals surface area contributed by atoms with Crippen molar-refractivity contribution in [2.24, 2.45) is 23.7 Å². The quantitative estimate of drug-likeness (QED) is 0.144. The van der Waals surface area contributed by atoms with Crippen LogP contribution in [0.5, 0.6) is 0 Å². The number of rotatable bonds is 18. The smallest absolute Gasteiger partial charge is 0.547 e. The van der Waals surface area contributed by atoms with Gasteiger partial charge in [0.1, 0.15) is 12.2 Å². The predicted octanol–water partition coefficient (Wildman–Crippen LogP) is -0.966. The number of nitrogens with one attached hydrogen (secondary N) is 2. The zero-order valence-corrected chi connectivity index (χ0v) is 28.0. The zero-order valence-electron chi connectivity index (χ0n) is 25.8. The average Bonchev–Trinajstić information content (AvgIpc) is 3.71. The van der Waals surface area contributed by atoms with Crippen LogP contribution in [0, 0.1) is 23.7 Å². The van der Waals surface area contributed by atoms with Crippen LogP contribution in [0.15, 0.2) is 0 Å². The summed E-state index contributed by atoms with van der Waals surface area (Å²) in [6, 6.07) is -0.263. The average molecular weight is 613 g/mol. The van der Waals surface area contributed by atoms with Gasteiger partial charge in [0.2, 0.25) is 0 Å². The van der Waals surface area contributed by atoms with E-state index in [-0.39, 0.29) is 49.8 Å². The number of amides is 2. The molecule has 0 aromatic rings. The van der Waals surface area contributed by atoms with E-state index in [0.29, 0.717) is 50.1 Å². The Morgan fingerprint density at radius 2 is 0.902 bits per heavy atom. The van der Waals surface area contributed by atoms with Gasteiger partial charge in [0.15, 0.2) is 12.2 Å². The number of hydrogen-bond acceptors (Lipinski definition) is 10. The van der Waals surface area contributed by atoms with Crippen LogP contribution in [0.2, 0.25) is 0 Å². The molecule has 2 N–H and O–H groups in total. The molecule has 12 nitrogen and oxygen atoms in total.